The SMILES string of the molecule is CCOc1ccc(C(=O)NCC2=CCNCC2)cc1OCC. The quantitative estimate of drug-likeness (QED) is 0.758. The lowest BCUT2D eigenvalue weighted by molar-refractivity contribution is 0.0956. The molecule has 0 radical (unpaired) electrons. The molecule has 0 bridgehead atoms. The topological polar surface area (TPSA) is 59.6 Å². The lowest BCUT2D eigenvalue weighted by atomic mass is 10.1. The summed E-state index contributed by atoms with van der Waals surface area (Å²) >= 11 is 0. The lowest BCUT2D eigenvalue weighted by Crippen LogP contribution is -2.29. The minimum atomic E-state index is -0.0940. The molecule has 5 heteroatoms. The number of hydrogen-bond donors (Lipinski definition) is 2. The third-order valence-corrected chi connectivity index (χ3v) is 3.44. The normalized spacial score (nSPS) is 14.2. The van der Waals surface area contributed by atoms with E-state index in [1.807, 2.05) is 13.8 Å². The minimum absolute atomic E-state index is 0.0940. The Kier molecular flexibility index (Phi) is 6.27. The number of benzene rings is 1. The highest BCUT2D eigenvalue weighted by molar-refractivity contribution is 5.95. The Morgan fingerprint density at radius 2 is 2.00 bits per heavy atom. The molecule has 0 unspecified atom stereocenters. The van der Waals surface area contributed by atoms with Gasteiger partial charge in [0.15, 0.2) is 11.5 Å². The molecule has 2 rings (SSSR count). The molecule has 0 fully saturated rings. The number of ether oxygens (including phenoxy) is 2. The fraction of sp³-hybridized carbons (Fsp3) is 0.471. The minimum Gasteiger partial charge on any atom is -0.490 e. The van der Waals surface area contributed by atoms with Gasteiger partial charge in [0, 0.05) is 18.7 Å². The molecule has 0 saturated heterocycles. The molecule has 0 atom stereocenters. The van der Waals surface area contributed by atoms with Crippen molar-refractivity contribution in [3.05, 3.63) is 35.4 Å². The molecule has 2 N–H and O–H groups in total. The second-order valence-electron chi connectivity index (χ2n) is 5.03. The molecule has 120 valence electrons. The second kappa shape index (κ2) is 8.44. The summed E-state index contributed by atoms with van der Waals surface area (Å²) in [6.07, 6.45) is 3.11. The Hall–Kier alpha value is -2.01. The standard InChI is InChI=1S/C17H24N2O3/c1-3-21-15-6-5-14(11-16(15)22-4-2)17(20)19-12-13-7-9-18-10-8-13/h5-7,11,18H,3-4,8-10,12H2,1-2H3,(H,19,20). The molecule has 1 amide bonds. The summed E-state index contributed by atoms with van der Waals surface area (Å²) in [4.78, 5) is 12.3. The van der Waals surface area contributed by atoms with Crippen LogP contribution in [0.15, 0.2) is 29.8 Å². The van der Waals surface area contributed by atoms with Crippen molar-refractivity contribution in [2.24, 2.45) is 0 Å². The van der Waals surface area contributed by atoms with E-state index in [9.17, 15) is 4.79 Å². The van der Waals surface area contributed by atoms with Gasteiger partial charge in [0.2, 0.25) is 0 Å². The van der Waals surface area contributed by atoms with Gasteiger partial charge in [-0.25, -0.2) is 0 Å². The first-order chi connectivity index (χ1) is 10.7. The van der Waals surface area contributed by atoms with E-state index in [2.05, 4.69) is 16.7 Å². The van der Waals surface area contributed by atoms with Gasteiger partial charge in [-0.2, -0.15) is 0 Å². The number of nitrogens with one attached hydrogen (secondary N) is 2. The van der Waals surface area contributed by atoms with Crippen LogP contribution < -0.4 is 20.1 Å². The van der Waals surface area contributed by atoms with Crippen LogP contribution in [0.3, 0.4) is 0 Å². The molecule has 1 aromatic rings. The molecular formula is C17H24N2O3. The second-order valence-corrected chi connectivity index (χ2v) is 5.03. The molecule has 0 spiro atoms. The summed E-state index contributed by atoms with van der Waals surface area (Å²) in [5.74, 6) is 1.18. The summed E-state index contributed by atoms with van der Waals surface area (Å²) in [6.45, 7) is 7.37. The highest BCUT2D eigenvalue weighted by Crippen LogP contribution is 2.28. The monoisotopic (exact) mass is 304 g/mol. The van der Waals surface area contributed by atoms with Crippen molar-refractivity contribution in [3.8, 4) is 11.5 Å². The van der Waals surface area contributed by atoms with Crippen LogP contribution in [0.4, 0.5) is 0 Å². The lowest BCUT2D eigenvalue weighted by Gasteiger charge is -2.15. The molecule has 0 aromatic heterocycles. The van der Waals surface area contributed by atoms with Crippen molar-refractivity contribution in [1.82, 2.24) is 10.6 Å². The van der Waals surface area contributed by atoms with Crippen LogP contribution in [0.25, 0.3) is 0 Å². The van der Waals surface area contributed by atoms with Crippen LogP contribution in [0.5, 0.6) is 11.5 Å². The van der Waals surface area contributed by atoms with Gasteiger partial charge in [0.1, 0.15) is 0 Å². The van der Waals surface area contributed by atoms with Crippen molar-refractivity contribution < 1.29 is 14.3 Å². The number of carbonyl (C=O) groups excluding carboxylic acids is 1. The Morgan fingerprint density at radius 1 is 1.23 bits per heavy atom. The van der Waals surface area contributed by atoms with Gasteiger partial charge in [-0.3, -0.25) is 4.79 Å². The predicted molar refractivity (Wildman–Crippen MR) is 86.7 cm³/mol. The summed E-state index contributed by atoms with van der Waals surface area (Å²) < 4.78 is 11.1. The molecule has 22 heavy (non-hydrogen) atoms. The summed E-state index contributed by atoms with van der Waals surface area (Å²) in [7, 11) is 0. The fourth-order valence-electron chi connectivity index (χ4n) is 2.32. The number of carbonyl (C=O) groups is 1. The van der Waals surface area contributed by atoms with E-state index in [0.717, 1.165) is 19.5 Å². The van der Waals surface area contributed by atoms with Gasteiger partial charge < -0.3 is 20.1 Å². The van der Waals surface area contributed by atoms with E-state index >= 15 is 0 Å². The van der Waals surface area contributed by atoms with Crippen molar-refractivity contribution in [2.45, 2.75) is 20.3 Å². The molecule has 0 aliphatic carbocycles. The Labute approximate surface area is 131 Å². The van der Waals surface area contributed by atoms with Crippen LogP contribution in [-0.2, 0) is 0 Å². The Bertz CT molecular complexity index is 541. The van der Waals surface area contributed by atoms with E-state index in [-0.39, 0.29) is 5.91 Å². The van der Waals surface area contributed by atoms with E-state index < -0.39 is 0 Å². The van der Waals surface area contributed by atoms with Gasteiger partial charge in [-0.05, 0) is 45.0 Å². The maximum atomic E-state index is 12.3. The molecule has 5 nitrogen and oxygen atoms in total. The van der Waals surface area contributed by atoms with E-state index in [0.29, 0.717) is 36.8 Å². The van der Waals surface area contributed by atoms with Crippen molar-refractivity contribution >= 4 is 5.91 Å². The van der Waals surface area contributed by atoms with Crippen LogP contribution in [-0.4, -0.2) is 38.8 Å². The maximum absolute atomic E-state index is 12.3. The maximum Gasteiger partial charge on any atom is 0.251 e. The molecule has 1 aliphatic rings. The first-order valence-electron chi connectivity index (χ1n) is 7.81. The molecule has 1 aromatic carbocycles. The highest BCUT2D eigenvalue weighted by Gasteiger charge is 2.12. The molecular weight excluding hydrogens is 280 g/mol. The first-order valence-corrected chi connectivity index (χ1v) is 7.81. The van der Waals surface area contributed by atoms with Crippen molar-refractivity contribution in [2.75, 3.05) is 32.8 Å². The zero-order valence-corrected chi connectivity index (χ0v) is 13.3. The third kappa shape index (κ3) is 4.49. The van der Waals surface area contributed by atoms with Gasteiger partial charge in [0.25, 0.3) is 5.91 Å². The first kappa shape index (κ1) is 16.4. The van der Waals surface area contributed by atoms with Crippen LogP contribution in [0.1, 0.15) is 30.6 Å². The Morgan fingerprint density at radius 3 is 2.68 bits per heavy atom. The fourth-order valence-corrected chi connectivity index (χ4v) is 2.32. The van der Waals surface area contributed by atoms with Crippen molar-refractivity contribution in [1.29, 1.82) is 0 Å². The predicted octanol–water partition coefficient (Wildman–Crippen LogP) is 2.13. The third-order valence-electron chi connectivity index (χ3n) is 3.44. The average Bonchev–Trinajstić information content (AvgIpc) is 2.55. The van der Waals surface area contributed by atoms with E-state index in [4.69, 9.17) is 9.47 Å². The van der Waals surface area contributed by atoms with E-state index in [1.165, 1.54) is 5.57 Å². The molecule has 1 aliphatic heterocycles. The zero-order chi connectivity index (χ0) is 15.8. The number of amides is 1. The largest absolute Gasteiger partial charge is 0.490 e. The van der Waals surface area contributed by atoms with Gasteiger partial charge in [0.05, 0.1) is 13.2 Å². The Balaban J connectivity index is 2.02. The molecule has 1 heterocycles. The summed E-state index contributed by atoms with van der Waals surface area (Å²) in [5, 5.41) is 6.21. The van der Waals surface area contributed by atoms with E-state index in [1.54, 1.807) is 18.2 Å². The van der Waals surface area contributed by atoms with Crippen LogP contribution >= 0.6 is 0 Å². The number of hydrogen-bond acceptors (Lipinski definition) is 4. The van der Waals surface area contributed by atoms with Gasteiger partial charge >= 0.3 is 0 Å². The smallest absolute Gasteiger partial charge is 0.251 e. The van der Waals surface area contributed by atoms with Gasteiger partial charge in [-0.1, -0.05) is 11.6 Å². The zero-order valence-electron chi connectivity index (χ0n) is 13.3. The number of rotatable bonds is 7. The van der Waals surface area contributed by atoms with Crippen LogP contribution in [0.2, 0.25) is 0 Å². The summed E-state index contributed by atoms with van der Waals surface area (Å²) in [6, 6.07) is 5.29. The highest BCUT2D eigenvalue weighted by atomic mass is 16.5. The summed E-state index contributed by atoms with van der Waals surface area (Å²) in [5.41, 5.74) is 1.85. The average molecular weight is 304 g/mol. The van der Waals surface area contributed by atoms with Gasteiger partial charge in [-0.15, -0.1) is 0 Å². The van der Waals surface area contributed by atoms with Crippen molar-refractivity contribution in [3.63, 3.8) is 0 Å². The molecule has 0 saturated carbocycles. The van der Waals surface area contributed by atoms with Crippen LogP contribution in [0, 0.1) is 0 Å².